The van der Waals surface area contributed by atoms with Gasteiger partial charge in [0.25, 0.3) is 5.91 Å². The predicted molar refractivity (Wildman–Crippen MR) is 126 cm³/mol. The van der Waals surface area contributed by atoms with Crippen molar-refractivity contribution in [3.63, 3.8) is 0 Å². The molecule has 1 aliphatic rings. The Labute approximate surface area is 195 Å². The molecule has 0 atom stereocenters. The van der Waals surface area contributed by atoms with E-state index < -0.39 is 18.5 Å². The number of amides is 1. The van der Waals surface area contributed by atoms with Crippen LogP contribution in [0.1, 0.15) is 10.4 Å². The second kappa shape index (κ2) is 9.40. The Hall–Kier alpha value is -4.11. The molecule has 1 N–H and O–H groups in total. The van der Waals surface area contributed by atoms with E-state index in [2.05, 4.69) is 10.3 Å². The summed E-state index contributed by atoms with van der Waals surface area (Å²) in [4.78, 5) is 31.6. The minimum absolute atomic E-state index is 0.304. The average molecular weight is 461 g/mol. The van der Waals surface area contributed by atoms with Crippen LogP contribution < -0.4 is 15.0 Å². The Kier molecular flexibility index (Phi) is 6.01. The highest BCUT2D eigenvalue weighted by molar-refractivity contribution is 6.08. The summed E-state index contributed by atoms with van der Waals surface area (Å²) < 4.78 is 22.0. The lowest BCUT2D eigenvalue weighted by atomic mass is 10.1. The number of ether oxygens (including phenoxy) is 3. The van der Waals surface area contributed by atoms with E-state index in [1.165, 1.54) is 7.11 Å². The SMILES string of the molecule is COc1cc2c(cc1NC(=O)COC(=O)c1cccnc1N1CCOCC1)oc1ccccc12. The van der Waals surface area contributed by atoms with Crippen LogP contribution in [-0.4, -0.2) is 56.9 Å². The van der Waals surface area contributed by atoms with Crippen molar-refractivity contribution in [2.24, 2.45) is 0 Å². The third-order valence-corrected chi connectivity index (χ3v) is 5.62. The lowest BCUT2D eigenvalue weighted by Gasteiger charge is -2.28. The van der Waals surface area contributed by atoms with Gasteiger partial charge in [0, 0.05) is 36.1 Å². The van der Waals surface area contributed by atoms with Crippen molar-refractivity contribution in [3.05, 3.63) is 60.3 Å². The summed E-state index contributed by atoms with van der Waals surface area (Å²) in [6.07, 6.45) is 1.62. The summed E-state index contributed by atoms with van der Waals surface area (Å²) in [5.41, 5.74) is 2.08. The highest BCUT2D eigenvalue weighted by atomic mass is 16.5. The normalized spacial score (nSPS) is 13.7. The molecule has 0 saturated carbocycles. The number of anilines is 2. The molecule has 0 spiro atoms. The topological polar surface area (TPSA) is 103 Å². The second-order valence-electron chi connectivity index (χ2n) is 7.75. The quantitative estimate of drug-likeness (QED) is 0.435. The van der Waals surface area contributed by atoms with E-state index in [9.17, 15) is 9.59 Å². The predicted octanol–water partition coefficient (Wildman–Crippen LogP) is 3.62. The van der Waals surface area contributed by atoms with E-state index in [4.69, 9.17) is 18.6 Å². The van der Waals surface area contributed by atoms with Crippen molar-refractivity contribution in [2.75, 3.05) is 50.2 Å². The monoisotopic (exact) mass is 461 g/mol. The van der Waals surface area contributed by atoms with Crippen LogP contribution >= 0.6 is 0 Å². The molecule has 34 heavy (non-hydrogen) atoms. The molecule has 0 radical (unpaired) electrons. The number of furan rings is 1. The van der Waals surface area contributed by atoms with E-state index in [0.717, 1.165) is 16.4 Å². The highest BCUT2D eigenvalue weighted by Crippen LogP contribution is 2.36. The van der Waals surface area contributed by atoms with Gasteiger partial charge in [-0.15, -0.1) is 0 Å². The summed E-state index contributed by atoms with van der Waals surface area (Å²) >= 11 is 0. The summed E-state index contributed by atoms with van der Waals surface area (Å²) in [5.74, 6) is -0.128. The van der Waals surface area contributed by atoms with Gasteiger partial charge in [-0.05, 0) is 24.3 Å². The van der Waals surface area contributed by atoms with Gasteiger partial charge in [0.15, 0.2) is 6.61 Å². The van der Waals surface area contributed by atoms with E-state index in [1.54, 1.807) is 24.4 Å². The van der Waals surface area contributed by atoms with E-state index in [0.29, 0.717) is 54.7 Å². The van der Waals surface area contributed by atoms with Gasteiger partial charge in [-0.25, -0.2) is 9.78 Å². The Morgan fingerprint density at radius 1 is 1.06 bits per heavy atom. The van der Waals surface area contributed by atoms with Crippen molar-refractivity contribution < 1.29 is 28.2 Å². The third-order valence-electron chi connectivity index (χ3n) is 5.62. The van der Waals surface area contributed by atoms with Gasteiger partial charge >= 0.3 is 5.97 Å². The summed E-state index contributed by atoms with van der Waals surface area (Å²) in [6.45, 7) is 1.91. The number of nitrogens with zero attached hydrogens (tertiary/aromatic N) is 2. The maximum Gasteiger partial charge on any atom is 0.342 e. The lowest BCUT2D eigenvalue weighted by molar-refractivity contribution is -0.119. The zero-order valence-electron chi connectivity index (χ0n) is 18.6. The number of methoxy groups -OCH3 is 1. The smallest absolute Gasteiger partial charge is 0.342 e. The zero-order chi connectivity index (χ0) is 23.5. The maximum atomic E-state index is 12.7. The van der Waals surface area contributed by atoms with Crippen LogP contribution in [0.2, 0.25) is 0 Å². The average Bonchev–Trinajstić information content (AvgIpc) is 3.24. The standard InChI is InChI=1S/C25H23N3O6/c1-31-22-13-18-16-5-2-3-7-20(16)34-21(18)14-19(22)27-23(29)15-33-25(30)17-6-4-8-26-24(17)28-9-11-32-12-10-28/h2-8,13-14H,9-12,15H2,1H3,(H,27,29). The van der Waals surface area contributed by atoms with Crippen LogP contribution in [0.25, 0.3) is 21.9 Å². The van der Waals surface area contributed by atoms with Crippen LogP contribution in [0, 0.1) is 0 Å². The molecular weight excluding hydrogens is 438 g/mol. The van der Waals surface area contributed by atoms with Gasteiger partial charge in [0.05, 0.1) is 26.0 Å². The number of carbonyl (C=O) groups excluding carboxylic acids is 2. The van der Waals surface area contributed by atoms with Crippen LogP contribution in [0.3, 0.4) is 0 Å². The first-order valence-electron chi connectivity index (χ1n) is 10.9. The summed E-state index contributed by atoms with van der Waals surface area (Å²) in [5, 5.41) is 4.57. The Morgan fingerprint density at radius 2 is 1.88 bits per heavy atom. The van der Waals surface area contributed by atoms with Gasteiger partial charge in [-0.1, -0.05) is 18.2 Å². The first-order valence-corrected chi connectivity index (χ1v) is 10.9. The van der Waals surface area contributed by atoms with Crippen LogP contribution in [0.5, 0.6) is 5.75 Å². The number of hydrogen-bond donors (Lipinski definition) is 1. The fourth-order valence-corrected chi connectivity index (χ4v) is 4.00. The van der Waals surface area contributed by atoms with Gasteiger partial charge in [0.1, 0.15) is 28.3 Å². The molecule has 0 bridgehead atoms. The number of para-hydroxylation sites is 1. The lowest BCUT2D eigenvalue weighted by Crippen LogP contribution is -2.37. The van der Waals surface area contributed by atoms with Gasteiger partial charge in [-0.3, -0.25) is 4.79 Å². The molecule has 4 aromatic rings. The Balaban J connectivity index is 1.29. The van der Waals surface area contributed by atoms with Crippen LogP contribution in [-0.2, 0) is 14.3 Å². The molecule has 3 heterocycles. The maximum absolute atomic E-state index is 12.7. The second-order valence-corrected chi connectivity index (χ2v) is 7.75. The molecule has 2 aromatic carbocycles. The molecule has 174 valence electrons. The molecule has 9 nitrogen and oxygen atoms in total. The zero-order valence-corrected chi connectivity index (χ0v) is 18.6. The summed E-state index contributed by atoms with van der Waals surface area (Å²) in [7, 11) is 1.52. The van der Waals surface area contributed by atoms with E-state index >= 15 is 0 Å². The fourth-order valence-electron chi connectivity index (χ4n) is 4.00. The molecule has 1 aliphatic heterocycles. The number of fused-ring (bicyclic) bond motifs is 3. The molecule has 0 aliphatic carbocycles. The number of morpholine rings is 1. The first kappa shape index (κ1) is 21.7. The van der Waals surface area contributed by atoms with Crippen molar-refractivity contribution in [1.82, 2.24) is 4.98 Å². The Bertz CT molecular complexity index is 1360. The summed E-state index contributed by atoms with van der Waals surface area (Å²) in [6, 6.07) is 14.5. The van der Waals surface area contributed by atoms with Crippen molar-refractivity contribution in [3.8, 4) is 5.75 Å². The number of benzene rings is 2. The van der Waals surface area contributed by atoms with E-state index in [1.807, 2.05) is 35.2 Å². The molecule has 1 saturated heterocycles. The Morgan fingerprint density at radius 3 is 2.71 bits per heavy atom. The molecule has 2 aromatic heterocycles. The van der Waals surface area contributed by atoms with Crippen molar-refractivity contribution >= 4 is 45.3 Å². The van der Waals surface area contributed by atoms with Gasteiger partial charge in [0.2, 0.25) is 0 Å². The number of pyridine rings is 1. The number of esters is 1. The number of aromatic nitrogens is 1. The van der Waals surface area contributed by atoms with E-state index in [-0.39, 0.29) is 0 Å². The molecule has 9 heteroatoms. The molecule has 0 unspecified atom stereocenters. The number of carbonyl (C=O) groups is 2. The highest BCUT2D eigenvalue weighted by Gasteiger charge is 2.22. The third kappa shape index (κ3) is 4.25. The number of hydrogen-bond acceptors (Lipinski definition) is 8. The van der Waals surface area contributed by atoms with Gasteiger partial charge < -0.3 is 28.8 Å². The number of nitrogens with one attached hydrogen (secondary N) is 1. The first-order chi connectivity index (χ1) is 16.6. The van der Waals surface area contributed by atoms with Gasteiger partial charge in [-0.2, -0.15) is 0 Å². The number of rotatable bonds is 6. The van der Waals surface area contributed by atoms with Crippen molar-refractivity contribution in [2.45, 2.75) is 0 Å². The van der Waals surface area contributed by atoms with Crippen LogP contribution in [0.15, 0.2) is 59.1 Å². The minimum atomic E-state index is -0.621. The molecule has 1 amide bonds. The van der Waals surface area contributed by atoms with Crippen LogP contribution in [0.4, 0.5) is 11.5 Å². The molecule has 1 fully saturated rings. The fraction of sp³-hybridized carbons (Fsp3) is 0.240. The molecule has 5 rings (SSSR count). The largest absolute Gasteiger partial charge is 0.495 e. The minimum Gasteiger partial charge on any atom is -0.495 e. The molecular formula is C25H23N3O6. The van der Waals surface area contributed by atoms with Crippen molar-refractivity contribution in [1.29, 1.82) is 0 Å².